The first-order chi connectivity index (χ1) is 5.72. The molecular weight excluding hydrogens is 284 g/mol. The van der Waals surface area contributed by atoms with Crippen molar-refractivity contribution in [3.8, 4) is 5.75 Å². The van der Waals surface area contributed by atoms with Gasteiger partial charge in [-0.25, -0.2) is 0 Å². The molecule has 0 amide bonds. The lowest BCUT2D eigenvalue weighted by molar-refractivity contribution is 0.468. The maximum atomic E-state index is 9.51. The van der Waals surface area contributed by atoms with E-state index in [1.807, 2.05) is 18.2 Å². The average Bonchev–Trinajstić information content (AvgIpc) is 2.62. The number of phenols is 1. The van der Waals surface area contributed by atoms with Crippen molar-refractivity contribution in [2.75, 3.05) is 0 Å². The minimum Gasteiger partial charge on any atom is -0.508 e. The first-order valence-electron chi connectivity index (χ1n) is 3.78. The topological polar surface area (TPSA) is 20.2 Å². The fourth-order valence-electron chi connectivity index (χ4n) is 1.35. The lowest BCUT2D eigenvalue weighted by Crippen LogP contribution is -1.82. The highest BCUT2D eigenvalue weighted by Crippen LogP contribution is 2.53. The molecule has 64 valence electrons. The monoisotopic (exact) mass is 290 g/mol. The van der Waals surface area contributed by atoms with Crippen molar-refractivity contribution in [1.82, 2.24) is 0 Å². The Morgan fingerprint density at radius 1 is 1.08 bits per heavy atom. The van der Waals surface area contributed by atoms with Crippen LogP contribution in [-0.4, -0.2) is 14.8 Å². The summed E-state index contributed by atoms with van der Waals surface area (Å²) in [4.78, 5) is 0.927. The maximum Gasteiger partial charge on any atom is 0.119 e. The van der Waals surface area contributed by atoms with Crippen LogP contribution in [-0.2, 0) is 0 Å². The number of para-hydroxylation sites is 1. The van der Waals surface area contributed by atoms with Crippen molar-refractivity contribution in [2.24, 2.45) is 0 Å². The van der Waals surface area contributed by atoms with Crippen molar-refractivity contribution < 1.29 is 5.11 Å². The second-order valence-corrected chi connectivity index (χ2v) is 5.09. The number of benzene rings is 1. The maximum absolute atomic E-state index is 9.51. The Labute approximate surface area is 88.0 Å². The zero-order valence-corrected chi connectivity index (χ0v) is 9.42. The smallest absolute Gasteiger partial charge is 0.119 e. The number of aromatic hydroxyl groups is 1. The largest absolute Gasteiger partial charge is 0.508 e. The van der Waals surface area contributed by atoms with Gasteiger partial charge in [-0.1, -0.05) is 50.1 Å². The third kappa shape index (κ3) is 1.29. The van der Waals surface area contributed by atoms with E-state index >= 15 is 0 Å². The van der Waals surface area contributed by atoms with Gasteiger partial charge in [-0.15, -0.1) is 0 Å². The Bertz CT molecular complexity index is 292. The van der Waals surface area contributed by atoms with Crippen LogP contribution in [0.2, 0.25) is 0 Å². The highest BCUT2D eigenvalue weighted by atomic mass is 79.9. The van der Waals surface area contributed by atoms with Crippen molar-refractivity contribution in [3.63, 3.8) is 0 Å². The van der Waals surface area contributed by atoms with Crippen LogP contribution in [0.5, 0.6) is 5.75 Å². The summed E-state index contributed by atoms with van der Waals surface area (Å²) in [6, 6.07) is 7.49. The summed E-state index contributed by atoms with van der Waals surface area (Å²) in [6.07, 6.45) is 0. The molecule has 0 aromatic heterocycles. The average molecular weight is 292 g/mol. The van der Waals surface area contributed by atoms with Crippen molar-refractivity contribution >= 4 is 31.9 Å². The van der Waals surface area contributed by atoms with E-state index in [2.05, 4.69) is 31.9 Å². The summed E-state index contributed by atoms with van der Waals surface area (Å²) in [5, 5.41) is 9.51. The molecule has 1 aromatic rings. The van der Waals surface area contributed by atoms with E-state index in [9.17, 15) is 5.11 Å². The summed E-state index contributed by atoms with van der Waals surface area (Å²) in [7, 11) is 0. The van der Waals surface area contributed by atoms with Crippen LogP contribution in [0, 0.1) is 0 Å². The highest BCUT2D eigenvalue weighted by Gasteiger charge is 2.48. The Morgan fingerprint density at radius 3 is 2.17 bits per heavy atom. The standard InChI is InChI=1S/C9H8Br2O/c10-8-7(9(8)11)5-3-1-2-4-6(5)12/h1-4,7-9,12H. The van der Waals surface area contributed by atoms with Crippen LogP contribution in [0.15, 0.2) is 24.3 Å². The predicted octanol–water partition coefficient (Wildman–Crippen LogP) is 3.02. The second kappa shape index (κ2) is 3.04. The molecule has 1 aliphatic carbocycles. The fraction of sp³-hybridized carbons (Fsp3) is 0.333. The molecule has 3 heteroatoms. The summed E-state index contributed by atoms with van der Waals surface area (Å²) < 4.78 is 0. The molecule has 0 radical (unpaired) electrons. The van der Waals surface area contributed by atoms with E-state index in [0.29, 0.717) is 21.3 Å². The number of hydrogen-bond acceptors (Lipinski definition) is 1. The first kappa shape index (κ1) is 8.57. The van der Waals surface area contributed by atoms with Gasteiger partial charge in [0.2, 0.25) is 0 Å². The van der Waals surface area contributed by atoms with Gasteiger partial charge in [0.25, 0.3) is 0 Å². The molecular formula is C9H8Br2O. The molecule has 1 saturated carbocycles. The summed E-state index contributed by atoms with van der Waals surface area (Å²) >= 11 is 7.05. The molecule has 0 saturated heterocycles. The third-order valence-corrected chi connectivity index (χ3v) is 5.13. The fourth-order valence-corrected chi connectivity index (χ4v) is 3.29. The van der Waals surface area contributed by atoms with Crippen LogP contribution in [0.1, 0.15) is 11.5 Å². The van der Waals surface area contributed by atoms with Crippen molar-refractivity contribution in [1.29, 1.82) is 0 Å². The van der Waals surface area contributed by atoms with Crippen LogP contribution >= 0.6 is 31.9 Å². The Hall–Kier alpha value is -0.0200. The molecule has 2 unspecified atom stereocenters. The molecule has 2 rings (SSSR count). The van der Waals surface area contributed by atoms with Gasteiger partial charge >= 0.3 is 0 Å². The predicted molar refractivity (Wildman–Crippen MR) is 56.3 cm³/mol. The molecule has 0 spiro atoms. The van der Waals surface area contributed by atoms with Gasteiger partial charge in [-0.2, -0.15) is 0 Å². The number of halogens is 2. The number of phenolic OH excluding ortho intramolecular Hbond substituents is 1. The third-order valence-electron chi connectivity index (χ3n) is 2.15. The van der Waals surface area contributed by atoms with Crippen molar-refractivity contribution in [2.45, 2.75) is 15.6 Å². The van der Waals surface area contributed by atoms with Crippen LogP contribution < -0.4 is 0 Å². The summed E-state index contributed by atoms with van der Waals surface area (Å²) in [5.74, 6) is 0.820. The van der Waals surface area contributed by atoms with Crippen LogP contribution in [0.4, 0.5) is 0 Å². The lowest BCUT2D eigenvalue weighted by Gasteiger charge is -2.00. The van der Waals surface area contributed by atoms with Gasteiger partial charge in [0.05, 0.1) is 0 Å². The molecule has 2 atom stereocenters. The Balaban J connectivity index is 2.30. The second-order valence-electron chi connectivity index (χ2n) is 2.97. The molecule has 0 heterocycles. The summed E-state index contributed by atoms with van der Waals surface area (Å²) in [5.41, 5.74) is 1.03. The molecule has 1 aliphatic rings. The molecule has 0 aliphatic heterocycles. The zero-order valence-electron chi connectivity index (χ0n) is 6.24. The number of rotatable bonds is 1. The van der Waals surface area contributed by atoms with Gasteiger partial charge in [0, 0.05) is 15.6 Å². The van der Waals surface area contributed by atoms with E-state index < -0.39 is 0 Å². The van der Waals surface area contributed by atoms with Gasteiger partial charge in [-0.05, 0) is 11.6 Å². The molecule has 1 fully saturated rings. The van der Waals surface area contributed by atoms with E-state index in [4.69, 9.17) is 0 Å². The van der Waals surface area contributed by atoms with Gasteiger partial charge in [0.1, 0.15) is 5.75 Å². The lowest BCUT2D eigenvalue weighted by atomic mass is 10.1. The van der Waals surface area contributed by atoms with E-state index in [1.165, 1.54) is 0 Å². The van der Waals surface area contributed by atoms with Crippen LogP contribution in [0.25, 0.3) is 0 Å². The zero-order chi connectivity index (χ0) is 8.72. The SMILES string of the molecule is Oc1ccccc1C1C(Br)C1Br. The molecule has 12 heavy (non-hydrogen) atoms. The summed E-state index contributed by atoms with van der Waals surface area (Å²) in [6.45, 7) is 0. The van der Waals surface area contributed by atoms with Crippen LogP contribution in [0.3, 0.4) is 0 Å². The molecule has 1 N–H and O–H groups in total. The molecule has 1 nitrogen and oxygen atoms in total. The van der Waals surface area contributed by atoms with Gasteiger partial charge in [0.15, 0.2) is 0 Å². The first-order valence-corrected chi connectivity index (χ1v) is 5.61. The van der Waals surface area contributed by atoms with Gasteiger partial charge in [-0.3, -0.25) is 0 Å². The highest BCUT2D eigenvalue weighted by molar-refractivity contribution is 9.13. The Morgan fingerprint density at radius 2 is 1.67 bits per heavy atom. The quantitative estimate of drug-likeness (QED) is 0.789. The minimum atomic E-state index is 0.397. The van der Waals surface area contributed by atoms with Crippen molar-refractivity contribution in [3.05, 3.63) is 29.8 Å². The van der Waals surface area contributed by atoms with E-state index in [-0.39, 0.29) is 0 Å². The molecule has 1 aromatic carbocycles. The number of alkyl halides is 2. The normalized spacial score (nSPS) is 33.3. The Kier molecular flexibility index (Phi) is 2.17. The molecule has 0 bridgehead atoms. The van der Waals surface area contributed by atoms with E-state index in [1.54, 1.807) is 6.07 Å². The minimum absolute atomic E-state index is 0.397. The number of hydrogen-bond donors (Lipinski definition) is 1. The van der Waals surface area contributed by atoms with E-state index in [0.717, 1.165) is 5.56 Å². The van der Waals surface area contributed by atoms with Gasteiger partial charge < -0.3 is 5.11 Å².